The van der Waals surface area contributed by atoms with Crippen LogP contribution in [0.25, 0.3) is 55.6 Å². The second-order valence-electron chi connectivity index (χ2n) is 8.71. The molecule has 2 nitrogen and oxygen atoms in total. The van der Waals surface area contributed by atoms with Crippen LogP contribution in [0.4, 0.5) is 0 Å². The molecule has 0 aliphatic heterocycles. The number of halogens is 1. The molecule has 6 aromatic carbocycles. The Bertz CT molecular complexity index is 1340. The van der Waals surface area contributed by atoms with Gasteiger partial charge in [-0.15, -0.1) is 0 Å². The van der Waals surface area contributed by atoms with Crippen LogP contribution in [0.3, 0.4) is 0 Å². The van der Waals surface area contributed by atoms with Gasteiger partial charge in [-0.05, 0) is 11.1 Å². The van der Waals surface area contributed by atoms with E-state index in [4.69, 9.17) is 9.30 Å². The first kappa shape index (κ1) is 31.4. The summed E-state index contributed by atoms with van der Waals surface area (Å²) in [6.07, 6.45) is 0. The molecule has 0 spiro atoms. The summed E-state index contributed by atoms with van der Waals surface area (Å²) >= 11 is 1.82. The molecule has 0 aromatic heterocycles. The Morgan fingerprint density at radius 2 is 0.634 bits per heavy atom. The van der Waals surface area contributed by atoms with Crippen LogP contribution in [0.15, 0.2) is 152 Å². The van der Waals surface area contributed by atoms with Gasteiger partial charge in [-0.1, -0.05) is 196 Å². The van der Waals surface area contributed by atoms with Crippen LogP contribution in [0.1, 0.15) is 0 Å². The molecule has 0 fully saturated rings. The smallest absolute Gasteiger partial charge is 0.0465 e. The van der Waals surface area contributed by atoms with Crippen LogP contribution < -0.4 is 0 Å². The second kappa shape index (κ2) is 16.8. The summed E-state index contributed by atoms with van der Waals surface area (Å²) in [5.41, 5.74) is 12.5. The molecule has 0 aliphatic carbocycles. The van der Waals surface area contributed by atoms with Crippen molar-refractivity contribution in [3.63, 3.8) is 0 Å². The Hall–Kier alpha value is -4.16. The van der Waals surface area contributed by atoms with Crippen molar-refractivity contribution < 1.29 is 26.6 Å². The molecule has 0 atom stereocenters. The average Bonchev–Trinajstić information content (AvgIpc) is 3.46. The zero-order chi connectivity index (χ0) is 29.5. The zero-order valence-corrected chi connectivity index (χ0v) is 24.5. The van der Waals surface area contributed by atoms with E-state index in [2.05, 4.69) is 175 Å². The van der Waals surface area contributed by atoms with Crippen molar-refractivity contribution in [1.29, 1.82) is 0 Å². The third kappa shape index (κ3) is 7.14. The van der Waals surface area contributed by atoms with Crippen LogP contribution in [0.2, 0.25) is 0 Å². The van der Waals surface area contributed by atoms with Gasteiger partial charge in [0.05, 0.1) is 0 Å². The topological polar surface area (TPSA) is 39.8 Å². The predicted molar refractivity (Wildman–Crippen MR) is 163 cm³/mol. The van der Waals surface area contributed by atoms with Gasteiger partial charge < -0.3 is 0 Å². The van der Waals surface area contributed by atoms with Gasteiger partial charge in [0.2, 0.25) is 0 Å². The van der Waals surface area contributed by atoms with Gasteiger partial charge in [-0.2, -0.15) is 0 Å². The van der Waals surface area contributed by atoms with E-state index in [9.17, 15) is 0 Å². The molecule has 41 heavy (non-hydrogen) atoms. The minimum atomic E-state index is 1.23. The molecule has 0 aliphatic rings. The van der Waals surface area contributed by atoms with Crippen molar-refractivity contribution in [2.75, 3.05) is 0 Å². The van der Waals surface area contributed by atoms with Crippen molar-refractivity contribution in [3.8, 4) is 55.6 Å². The van der Waals surface area contributed by atoms with Crippen molar-refractivity contribution in [2.45, 2.75) is 0 Å². The Morgan fingerprint density at radius 1 is 0.390 bits per heavy atom. The maximum Gasteiger partial charge on any atom is -0.0465 e. The fourth-order valence-electron chi connectivity index (χ4n) is 5.09. The van der Waals surface area contributed by atoms with E-state index in [-0.39, 0.29) is 0 Å². The van der Waals surface area contributed by atoms with Crippen molar-refractivity contribution in [1.82, 2.24) is 0 Å². The molecule has 0 bridgehead atoms. The summed E-state index contributed by atoms with van der Waals surface area (Å²) in [4.78, 5) is 0. The molecule has 0 amide bonds. The van der Waals surface area contributed by atoms with Gasteiger partial charge in [-0.25, -0.2) is 0 Å². The number of benzene rings is 5. The first-order chi connectivity index (χ1) is 20.4. The van der Waals surface area contributed by atoms with E-state index in [1.54, 1.807) is 0 Å². The largest absolute Gasteiger partial charge is 0.0999 e. The molecule has 6 rings (SSSR count). The summed E-state index contributed by atoms with van der Waals surface area (Å²) in [7, 11) is 4.57. The second-order valence-corrected chi connectivity index (χ2v) is 8.71. The van der Waals surface area contributed by atoms with Gasteiger partial charge in [0, 0.05) is 0 Å². The molecular formula is C37H25ClO2Ru. The fraction of sp³-hybridized carbons (Fsp3) is 0. The van der Waals surface area contributed by atoms with Gasteiger partial charge in [0.25, 0.3) is 0 Å². The molecule has 0 saturated carbocycles. The Kier molecular flexibility index (Phi) is 12.9. The van der Waals surface area contributed by atoms with Gasteiger partial charge in [0.1, 0.15) is 0 Å². The summed E-state index contributed by atoms with van der Waals surface area (Å²) < 4.78 is 15.0. The minimum Gasteiger partial charge on any atom is -0.0999 e. The van der Waals surface area contributed by atoms with E-state index in [1.807, 2.05) is 17.3 Å². The molecule has 0 heterocycles. The SMILES string of the molecule is [C-]#[O+].[C-]#[O+].[Cl][Ru+].c1ccc(-c2c(-c3ccccc3)c(-c3ccccc3)[c-](-c3ccccc3)c2-c2ccccc2)cc1. The normalized spacial score (nSPS) is 9.51. The summed E-state index contributed by atoms with van der Waals surface area (Å²) in [6, 6.07) is 54.1. The Morgan fingerprint density at radius 3 is 0.927 bits per heavy atom. The first-order valence-electron chi connectivity index (χ1n) is 12.6. The van der Waals surface area contributed by atoms with Gasteiger partial charge >= 0.3 is 49.6 Å². The molecule has 0 unspecified atom stereocenters. The van der Waals surface area contributed by atoms with Crippen molar-refractivity contribution >= 4 is 9.69 Å². The monoisotopic (exact) mass is 638 g/mol. The molecule has 0 N–H and O–H groups in total. The molecule has 0 radical (unpaired) electrons. The van der Waals surface area contributed by atoms with Crippen LogP contribution >= 0.6 is 9.69 Å². The minimum absolute atomic E-state index is 1.23. The molecular weight excluding hydrogens is 613 g/mol. The molecule has 6 aromatic rings. The van der Waals surface area contributed by atoms with Crippen LogP contribution in [0, 0.1) is 13.3 Å². The summed E-state index contributed by atoms with van der Waals surface area (Å²) in [6.45, 7) is 9.00. The standard InChI is InChI=1S/C35H25.2CO.ClH.Ru/c1-6-16-26(17-7-1)31-32(27-18-8-2-9-19-27)34(29-22-12-4-13-23-29)35(30-24-14-5-15-25-30)33(31)28-20-10-3-11-21-28;2*1-2;;/h1-25H;;;1H;/q-1;;;;+2/p-1. The quantitative estimate of drug-likeness (QED) is 0.103. The summed E-state index contributed by atoms with van der Waals surface area (Å²) in [5.74, 6) is 0. The van der Waals surface area contributed by atoms with E-state index in [1.165, 1.54) is 55.6 Å². The third-order valence-corrected chi connectivity index (χ3v) is 6.56. The number of hydrogen-bond donors (Lipinski definition) is 0. The first-order valence-corrected chi connectivity index (χ1v) is 14.8. The average molecular weight is 638 g/mol. The predicted octanol–water partition coefficient (Wildman–Crippen LogP) is 10.4. The molecule has 4 heteroatoms. The van der Waals surface area contributed by atoms with E-state index in [0.717, 1.165) is 0 Å². The van der Waals surface area contributed by atoms with Crippen LogP contribution in [0.5, 0.6) is 0 Å². The van der Waals surface area contributed by atoms with Gasteiger partial charge in [-0.3, -0.25) is 0 Å². The summed E-state index contributed by atoms with van der Waals surface area (Å²) in [5, 5.41) is 0. The number of rotatable bonds is 5. The van der Waals surface area contributed by atoms with Crippen molar-refractivity contribution in [3.05, 3.63) is 165 Å². The maximum absolute atomic E-state index is 7.50. The zero-order valence-electron chi connectivity index (χ0n) is 22.0. The van der Waals surface area contributed by atoms with E-state index in [0.29, 0.717) is 0 Å². The van der Waals surface area contributed by atoms with E-state index >= 15 is 0 Å². The van der Waals surface area contributed by atoms with Gasteiger partial charge in [0.15, 0.2) is 0 Å². The third-order valence-electron chi connectivity index (χ3n) is 6.56. The van der Waals surface area contributed by atoms with Crippen LogP contribution in [-0.2, 0) is 26.6 Å². The molecule has 200 valence electrons. The fourth-order valence-corrected chi connectivity index (χ4v) is 5.09. The Balaban J connectivity index is 0.000000725. The maximum atomic E-state index is 7.50. The molecule has 0 saturated heterocycles. The van der Waals surface area contributed by atoms with E-state index < -0.39 is 0 Å². The Labute approximate surface area is 255 Å². The van der Waals surface area contributed by atoms with Crippen molar-refractivity contribution in [2.24, 2.45) is 0 Å². The number of hydrogen-bond acceptors (Lipinski definition) is 0. The van der Waals surface area contributed by atoms with Crippen LogP contribution in [-0.4, -0.2) is 0 Å².